The Morgan fingerprint density at radius 3 is 2.68 bits per heavy atom. The lowest BCUT2D eigenvalue weighted by molar-refractivity contribution is 0.458. The summed E-state index contributed by atoms with van der Waals surface area (Å²) >= 11 is 9.79. The van der Waals surface area contributed by atoms with E-state index >= 15 is 0 Å². The van der Waals surface area contributed by atoms with Crippen LogP contribution in [0.2, 0.25) is 5.02 Å². The van der Waals surface area contributed by atoms with Gasteiger partial charge in [-0.05, 0) is 40.5 Å². The molecule has 0 amide bonds. The summed E-state index contributed by atoms with van der Waals surface area (Å²) in [7, 11) is -2.74. The number of anilines is 1. The molecule has 0 saturated carbocycles. The monoisotopic (exact) mass is 569 g/mol. The van der Waals surface area contributed by atoms with Gasteiger partial charge in [0, 0.05) is 42.9 Å². The predicted molar refractivity (Wildman–Crippen MR) is 130 cm³/mol. The van der Waals surface area contributed by atoms with Gasteiger partial charge in [0.15, 0.2) is 5.65 Å². The molecule has 2 heterocycles. The van der Waals surface area contributed by atoms with Crippen molar-refractivity contribution in [1.82, 2.24) is 18.9 Å². The summed E-state index contributed by atoms with van der Waals surface area (Å²) in [6.45, 7) is 0.505. The van der Waals surface area contributed by atoms with Gasteiger partial charge < -0.3 is 5.32 Å². The first kappa shape index (κ1) is 24.5. The van der Waals surface area contributed by atoms with Gasteiger partial charge >= 0.3 is 0 Å². The molecule has 0 atom stereocenters. The Hall–Kier alpha value is -2.60. The lowest BCUT2D eigenvalue weighted by Crippen LogP contribution is -2.29. The predicted octanol–water partition coefficient (Wildman–Crippen LogP) is 5.21. The lowest BCUT2D eigenvalue weighted by atomic mass is 10.1. The van der Waals surface area contributed by atoms with E-state index in [2.05, 4.69) is 31.3 Å². The van der Waals surface area contributed by atoms with Gasteiger partial charge in [-0.3, -0.25) is 0 Å². The van der Waals surface area contributed by atoms with Crippen molar-refractivity contribution < 1.29 is 17.2 Å². The summed E-state index contributed by atoms with van der Waals surface area (Å²) in [5.74, 6) is -1.32. The molecule has 2 aromatic heterocycles. The van der Waals surface area contributed by atoms with Crippen LogP contribution in [-0.2, 0) is 10.0 Å². The number of hydrogen-bond acceptors (Lipinski definition) is 5. The quantitative estimate of drug-likeness (QED) is 0.294. The minimum atomic E-state index is -4.09. The van der Waals surface area contributed by atoms with E-state index in [1.165, 1.54) is 7.05 Å². The van der Waals surface area contributed by atoms with Crippen molar-refractivity contribution in [2.75, 3.05) is 25.5 Å². The molecule has 7 nitrogen and oxygen atoms in total. The Kier molecular flexibility index (Phi) is 7.17. The van der Waals surface area contributed by atoms with Crippen LogP contribution in [0, 0.1) is 11.6 Å². The van der Waals surface area contributed by atoms with E-state index in [-0.39, 0.29) is 6.54 Å². The summed E-state index contributed by atoms with van der Waals surface area (Å²) in [5, 5.41) is 8.12. The molecular weight excluding hydrogens is 552 g/mol. The highest BCUT2D eigenvalue weighted by Gasteiger charge is 2.24. The van der Waals surface area contributed by atoms with Crippen LogP contribution >= 0.6 is 27.5 Å². The molecule has 0 bridgehead atoms. The summed E-state index contributed by atoms with van der Waals surface area (Å²) in [5.41, 5.74) is 2.00. The minimum absolute atomic E-state index is 0.112. The summed E-state index contributed by atoms with van der Waals surface area (Å²) in [6, 6.07) is 11.5. The molecule has 0 fully saturated rings. The standard InChI is InChI=1S/C22H19BrClF2N5O2S/c1-30(34(32,33)20-8-7-14(25)11-18(20)26)10-4-9-27-21-12-19(15-5-2-3-6-17(15)24)29-22-16(23)13-28-31(21)22/h2-3,5-8,11-13,27H,4,9-10H2,1H3. The van der Waals surface area contributed by atoms with Crippen molar-refractivity contribution in [2.24, 2.45) is 0 Å². The zero-order valence-corrected chi connectivity index (χ0v) is 21.0. The Labute approximate surface area is 208 Å². The van der Waals surface area contributed by atoms with Gasteiger partial charge in [-0.2, -0.15) is 9.61 Å². The number of fused-ring (bicyclic) bond motifs is 1. The molecule has 12 heteroatoms. The van der Waals surface area contributed by atoms with Gasteiger partial charge in [-0.25, -0.2) is 26.5 Å². The van der Waals surface area contributed by atoms with Crippen molar-refractivity contribution in [2.45, 2.75) is 11.3 Å². The molecule has 1 N–H and O–H groups in total. The molecule has 178 valence electrons. The number of sulfonamides is 1. The fourth-order valence-electron chi connectivity index (χ4n) is 3.36. The molecule has 34 heavy (non-hydrogen) atoms. The largest absolute Gasteiger partial charge is 0.370 e. The van der Waals surface area contributed by atoms with Gasteiger partial charge in [0.05, 0.1) is 16.4 Å². The van der Waals surface area contributed by atoms with Crippen molar-refractivity contribution in [1.29, 1.82) is 0 Å². The summed E-state index contributed by atoms with van der Waals surface area (Å²) in [6.07, 6.45) is 2.04. The normalized spacial score (nSPS) is 11.9. The first-order chi connectivity index (χ1) is 16.2. The number of benzene rings is 2. The van der Waals surface area contributed by atoms with Crippen LogP contribution in [0.5, 0.6) is 0 Å². The van der Waals surface area contributed by atoms with Gasteiger partial charge in [0.25, 0.3) is 0 Å². The van der Waals surface area contributed by atoms with E-state index in [1.807, 2.05) is 24.3 Å². The second-order valence-corrected chi connectivity index (χ2v) is 10.7. The number of rotatable bonds is 8. The third-order valence-electron chi connectivity index (χ3n) is 5.12. The fraction of sp³-hybridized carbons (Fsp3) is 0.182. The van der Waals surface area contributed by atoms with Gasteiger partial charge in [-0.1, -0.05) is 29.8 Å². The molecule has 0 unspecified atom stereocenters. The molecule has 0 aliphatic rings. The Morgan fingerprint density at radius 2 is 1.94 bits per heavy atom. The summed E-state index contributed by atoms with van der Waals surface area (Å²) in [4.78, 5) is 4.08. The molecule has 4 rings (SSSR count). The van der Waals surface area contributed by atoms with Crippen molar-refractivity contribution in [3.05, 3.63) is 75.9 Å². The maximum atomic E-state index is 14.0. The third kappa shape index (κ3) is 4.92. The van der Waals surface area contributed by atoms with E-state index in [9.17, 15) is 17.2 Å². The fourth-order valence-corrected chi connectivity index (χ4v) is 5.19. The van der Waals surface area contributed by atoms with Gasteiger partial charge in [0.2, 0.25) is 10.0 Å². The highest BCUT2D eigenvalue weighted by Crippen LogP contribution is 2.30. The molecule has 0 aliphatic carbocycles. The SMILES string of the molecule is CN(CCCNc1cc(-c2ccccc2Cl)nc2c(Br)cnn12)S(=O)(=O)c1ccc(F)cc1F. The number of hydrogen-bond donors (Lipinski definition) is 1. The second kappa shape index (κ2) is 9.95. The molecule has 0 spiro atoms. The first-order valence-corrected chi connectivity index (χ1v) is 12.7. The number of halogens is 4. The highest BCUT2D eigenvalue weighted by molar-refractivity contribution is 9.10. The zero-order chi connectivity index (χ0) is 24.5. The van der Waals surface area contributed by atoms with Crippen LogP contribution < -0.4 is 5.32 Å². The molecule has 0 aliphatic heterocycles. The molecule has 4 aromatic rings. The molecule has 0 saturated heterocycles. The number of aromatic nitrogens is 3. The lowest BCUT2D eigenvalue weighted by Gasteiger charge is -2.18. The highest BCUT2D eigenvalue weighted by atomic mass is 79.9. The summed E-state index contributed by atoms with van der Waals surface area (Å²) < 4.78 is 55.8. The van der Waals surface area contributed by atoms with Crippen LogP contribution in [0.25, 0.3) is 16.9 Å². The van der Waals surface area contributed by atoms with Crippen molar-refractivity contribution >= 4 is 49.0 Å². The Morgan fingerprint density at radius 1 is 1.18 bits per heavy atom. The maximum Gasteiger partial charge on any atom is 0.245 e. The molecule has 0 radical (unpaired) electrons. The van der Waals surface area contributed by atoms with Crippen LogP contribution in [0.1, 0.15) is 6.42 Å². The average molecular weight is 571 g/mol. The number of nitrogens with zero attached hydrogens (tertiary/aromatic N) is 4. The van der Waals surface area contributed by atoms with E-state index in [0.29, 0.717) is 45.7 Å². The number of nitrogens with one attached hydrogen (secondary N) is 1. The Balaban J connectivity index is 1.49. The zero-order valence-electron chi connectivity index (χ0n) is 17.8. The van der Waals surface area contributed by atoms with Crippen LogP contribution in [0.3, 0.4) is 0 Å². The van der Waals surface area contributed by atoms with Crippen LogP contribution in [-0.4, -0.2) is 47.5 Å². The average Bonchev–Trinajstić information content (AvgIpc) is 3.17. The smallest absolute Gasteiger partial charge is 0.245 e. The van der Waals surface area contributed by atoms with Gasteiger partial charge in [-0.15, -0.1) is 0 Å². The maximum absolute atomic E-state index is 14.0. The first-order valence-electron chi connectivity index (χ1n) is 10.1. The molecular formula is C22H19BrClF2N5O2S. The minimum Gasteiger partial charge on any atom is -0.370 e. The van der Waals surface area contributed by atoms with E-state index in [4.69, 9.17) is 11.6 Å². The van der Waals surface area contributed by atoms with E-state index in [0.717, 1.165) is 22.0 Å². The second-order valence-electron chi connectivity index (χ2n) is 7.42. The van der Waals surface area contributed by atoms with Crippen molar-refractivity contribution in [3.8, 4) is 11.3 Å². The Bertz CT molecular complexity index is 1470. The third-order valence-corrected chi connectivity index (χ3v) is 7.90. The van der Waals surface area contributed by atoms with E-state index in [1.54, 1.807) is 16.8 Å². The van der Waals surface area contributed by atoms with Crippen LogP contribution in [0.15, 0.2) is 64.1 Å². The van der Waals surface area contributed by atoms with Crippen LogP contribution in [0.4, 0.5) is 14.6 Å². The van der Waals surface area contributed by atoms with Crippen molar-refractivity contribution in [3.63, 3.8) is 0 Å². The molecule has 2 aromatic carbocycles. The van der Waals surface area contributed by atoms with E-state index < -0.39 is 26.6 Å². The topological polar surface area (TPSA) is 79.6 Å². The van der Waals surface area contributed by atoms with Gasteiger partial charge in [0.1, 0.15) is 22.3 Å².